The monoisotopic (exact) mass is 309 g/mol. The van der Waals surface area contributed by atoms with Crippen LogP contribution in [0.5, 0.6) is 0 Å². The molecule has 0 atom stereocenters. The van der Waals surface area contributed by atoms with Crippen LogP contribution in [0, 0.1) is 0 Å². The number of allylic oxidation sites excluding steroid dienone is 1. The molecular formula is C15H19NO4S. The first-order valence-corrected chi connectivity index (χ1v) is 8.58. The standard InChI is InChI=1S/C15H19NO4S/c1-2-3-4-11-20-15(17)13-6-8-14(9-7-13)16-10-5-12-21(16,18)19/h3-4,6-9H,2,5,10-12H2,1H3. The SMILES string of the molecule is CCC=CCOC(=O)c1ccc(N2CCCS2(=O)=O)cc1. The third-order valence-corrected chi connectivity index (χ3v) is 5.07. The zero-order valence-corrected chi connectivity index (χ0v) is 12.8. The van der Waals surface area contributed by atoms with Crippen LogP contribution in [0.4, 0.5) is 5.69 Å². The van der Waals surface area contributed by atoms with E-state index >= 15 is 0 Å². The number of anilines is 1. The fraction of sp³-hybridized carbons (Fsp3) is 0.400. The number of benzene rings is 1. The molecule has 1 saturated heterocycles. The highest BCUT2D eigenvalue weighted by Crippen LogP contribution is 2.24. The summed E-state index contributed by atoms with van der Waals surface area (Å²) in [5.41, 5.74) is 1.01. The van der Waals surface area contributed by atoms with E-state index in [9.17, 15) is 13.2 Å². The maximum Gasteiger partial charge on any atom is 0.338 e. The van der Waals surface area contributed by atoms with Gasteiger partial charge in [-0.15, -0.1) is 0 Å². The second kappa shape index (κ2) is 6.76. The summed E-state index contributed by atoms with van der Waals surface area (Å²) in [6.07, 6.45) is 5.25. The molecule has 0 radical (unpaired) electrons. The van der Waals surface area contributed by atoms with Gasteiger partial charge >= 0.3 is 5.97 Å². The molecule has 0 spiro atoms. The molecule has 0 N–H and O–H groups in total. The van der Waals surface area contributed by atoms with Crippen molar-refractivity contribution >= 4 is 21.7 Å². The van der Waals surface area contributed by atoms with Crippen molar-refractivity contribution in [3.63, 3.8) is 0 Å². The van der Waals surface area contributed by atoms with E-state index in [0.717, 1.165) is 6.42 Å². The number of ether oxygens (including phenoxy) is 1. The van der Waals surface area contributed by atoms with Gasteiger partial charge in [0.05, 0.1) is 17.0 Å². The minimum absolute atomic E-state index is 0.181. The highest BCUT2D eigenvalue weighted by Gasteiger charge is 2.28. The maximum atomic E-state index is 11.8. The smallest absolute Gasteiger partial charge is 0.338 e. The Morgan fingerprint density at radius 2 is 2.00 bits per heavy atom. The van der Waals surface area contributed by atoms with Crippen molar-refractivity contribution in [3.8, 4) is 0 Å². The molecule has 21 heavy (non-hydrogen) atoms. The van der Waals surface area contributed by atoms with Crippen LogP contribution >= 0.6 is 0 Å². The third kappa shape index (κ3) is 3.85. The Kier molecular flexibility index (Phi) is 5.01. The topological polar surface area (TPSA) is 63.7 Å². The van der Waals surface area contributed by atoms with E-state index in [1.807, 2.05) is 13.0 Å². The summed E-state index contributed by atoms with van der Waals surface area (Å²) < 4.78 is 30.1. The number of rotatable bonds is 5. The first-order chi connectivity index (χ1) is 10.0. The lowest BCUT2D eigenvalue weighted by Gasteiger charge is -2.16. The second-order valence-electron chi connectivity index (χ2n) is 4.77. The summed E-state index contributed by atoms with van der Waals surface area (Å²) in [7, 11) is -3.19. The Labute approximate surface area is 125 Å². The van der Waals surface area contributed by atoms with Crippen molar-refractivity contribution in [2.24, 2.45) is 0 Å². The molecule has 2 rings (SSSR count). The van der Waals surface area contributed by atoms with Gasteiger partial charge in [0.25, 0.3) is 0 Å². The highest BCUT2D eigenvalue weighted by molar-refractivity contribution is 7.93. The Morgan fingerprint density at radius 1 is 1.29 bits per heavy atom. The molecule has 1 aromatic rings. The largest absolute Gasteiger partial charge is 0.458 e. The number of nitrogens with zero attached hydrogens (tertiary/aromatic N) is 1. The number of carbonyl (C=O) groups is 1. The zero-order valence-electron chi connectivity index (χ0n) is 12.0. The maximum absolute atomic E-state index is 11.8. The number of sulfonamides is 1. The van der Waals surface area contributed by atoms with E-state index in [1.165, 1.54) is 4.31 Å². The summed E-state index contributed by atoms with van der Waals surface area (Å²) in [6, 6.07) is 6.47. The number of hydrogen-bond acceptors (Lipinski definition) is 4. The summed E-state index contributed by atoms with van der Waals surface area (Å²) in [5.74, 6) is -0.229. The van der Waals surface area contributed by atoms with Crippen LogP contribution in [0.3, 0.4) is 0 Å². The molecule has 0 bridgehead atoms. The fourth-order valence-electron chi connectivity index (χ4n) is 2.14. The van der Waals surface area contributed by atoms with Crippen LogP contribution in [0.2, 0.25) is 0 Å². The molecule has 1 aliphatic rings. The molecule has 0 aromatic heterocycles. The predicted octanol–water partition coefficient (Wildman–Crippen LogP) is 2.35. The molecule has 6 heteroatoms. The summed E-state index contributed by atoms with van der Waals surface area (Å²) in [5, 5.41) is 0. The molecule has 1 heterocycles. The van der Waals surface area contributed by atoms with E-state index in [2.05, 4.69) is 0 Å². The highest BCUT2D eigenvalue weighted by atomic mass is 32.2. The minimum atomic E-state index is -3.19. The molecule has 114 valence electrons. The minimum Gasteiger partial charge on any atom is -0.458 e. The number of esters is 1. The summed E-state index contributed by atoms with van der Waals surface area (Å²) in [6.45, 7) is 2.74. The van der Waals surface area contributed by atoms with Crippen LogP contribution in [0.1, 0.15) is 30.1 Å². The molecule has 0 unspecified atom stereocenters. The first kappa shape index (κ1) is 15.6. The van der Waals surface area contributed by atoms with Gasteiger partial charge in [0.2, 0.25) is 10.0 Å². The van der Waals surface area contributed by atoms with Gasteiger partial charge in [-0.25, -0.2) is 13.2 Å². The molecule has 1 aromatic carbocycles. The van der Waals surface area contributed by atoms with E-state index < -0.39 is 16.0 Å². The van der Waals surface area contributed by atoms with Gasteiger partial charge in [0.1, 0.15) is 6.61 Å². The van der Waals surface area contributed by atoms with Crippen molar-refractivity contribution in [1.82, 2.24) is 0 Å². The van der Waals surface area contributed by atoms with Gasteiger partial charge in [0, 0.05) is 6.54 Å². The van der Waals surface area contributed by atoms with Crippen molar-refractivity contribution in [1.29, 1.82) is 0 Å². The van der Waals surface area contributed by atoms with E-state index in [1.54, 1.807) is 30.3 Å². The molecule has 5 nitrogen and oxygen atoms in total. The predicted molar refractivity (Wildman–Crippen MR) is 81.9 cm³/mol. The van der Waals surface area contributed by atoms with Gasteiger partial charge in [-0.1, -0.05) is 19.1 Å². The average molecular weight is 309 g/mol. The lowest BCUT2D eigenvalue weighted by molar-refractivity contribution is 0.0549. The fourth-order valence-corrected chi connectivity index (χ4v) is 3.70. The van der Waals surface area contributed by atoms with Gasteiger partial charge in [-0.05, 0) is 37.1 Å². The van der Waals surface area contributed by atoms with Gasteiger partial charge in [-0.2, -0.15) is 0 Å². The van der Waals surface area contributed by atoms with Gasteiger partial charge < -0.3 is 4.74 Å². The van der Waals surface area contributed by atoms with Gasteiger partial charge in [0.15, 0.2) is 0 Å². The molecule has 0 saturated carbocycles. The van der Waals surface area contributed by atoms with Gasteiger partial charge in [-0.3, -0.25) is 4.31 Å². The Balaban J connectivity index is 2.02. The van der Waals surface area contributed by atoms with Crippen molar-refractivity contribution in [2.75, 3.05) is 23.2 Å². The van der Waals surface area contributed by atoms with Crippen LogP contribution < -0.4 is 4.31 Å². The molecule has 1 fully saturated rings. The summed E-state index contributed by atoms with van der Waals surface area (Å²) in [4.78, 5) is 11.8. The number of carbonyl (C=O) groups excluding carboxylic acids is 1. The van der Waals surface area contributed by atoms with Crippen LogP contribution in [-0.2, 0) is 14.8 Å². The van der Waals surface area contributed by atoms with E-state index in [4.69, 9.17) is 4.74 Å². The number of hydrogen-bond donors (Lipinski definition) is 0. The molecule has 0 aliphatic carbocycles. The lowest BCUT2D eigenvalue weighted by Crippen LogP contribution is -2.25. The average Bonchev–Trinajstić information content (AvgIpc) is 2.83. The second-order valence-corrected chi connectivity index (χ2v) is 6.78. The third-order valence-electron chi connectivity index (χ3n) is 3.20. The van der Waals surface area contributed by atoms with E-state index in [-0.39, 0.29) is 12.4 Å². The van der Waals surface area contributed by atoms with Crippen molar-refractivity contribution < 1.29 is 17.9 Å². The van der Waals surface area contributed by atoms with Crippen LogP contribution in [0.25, 0.3) is 0 Å². The van der Waals surface area contributed by atoms with Crippen molar-refractivity contribution in [3.05, 3.63) is 42.0 Å². The van der Waals surface area contributed by atoms with E-state index in [0.29, 0.717) is 24.2 Å². The Morgan fingerprint density at radius 3 is 2.57 bits per heavy atom. The lowest BCUT2D eigenvalue weighted by atomic mass is 10.2. The molecule has 0 amide bonds. The first-order valence-electron chi connectivity index (χ1n) is 6.97. The molecular weight excluding hydrogens is 290 g/mol. The zero-order chi connectivity index (χ0) is 15.3. The molecule has 1 aliphatic heterocycles. The normalized spacial score (nSPS) is 17.3. The Hall–Kier alpha value is -1.82. The van der Waals surface area contributed by atoms with Crippen LogP contribution in [0.15, 0.2) is 36.4 Å². The van der Waals surface area contributed by atoms with Crippen molar-refractivity contribution in [2.45, 2.75) is 19.8 Å². The Bertz CT molecular complexity index is 620. The summed E-state index contributed by atoms with van der Waals surface area (Å²) >= 11 is 0. The van der Waals surface area contributed by atoms with Crippen LogP contribution in [-0.4, -0.2) is 33.3 Å². The quantitative estimate of drug-likeness (QED) is 0.618.